The molecule has 1 unspecified atom stereocenters. The van der Waals surface area contributed by atoms with Gasteiger partial charge in [0.1, 0.15) is 0 Å². The highest BCUT2D eigenvalue weighted by Gasteiger charge is 2.22. The summed E-state index contributed by atoms with van der Waals surface area (Å²) in [6.45, 7) is 2.13. The van der Waals surface area contributed by atoms with E-state index in [1.807, 2.05) is 0 Å². The van der Waals surface area contributed by atoms with Crippen molar-refractivity contribution < 1.29 is 9.59 Å². The number of hydrogen-bond acceptors (Lipinski definition) is 2. The number of imide groups is 1. The highest BCUT2D eigenvalue weighted by atomic mass is 16.2. The third-order valence-corrected chi connectivity index (χ3v) is 2.18. The van der Waals surface area contributed by atoms with Crippen molar-refractivity contribution in [3.63, 3.8) is 0 Å². The predicted octanol–water partition coefficient (Wildman–Crippen LogP) is 1.16. The second kappa shape index (κ2) is 4.84. The van der Waals surface area contributed by atoms with Gasteiger partial charge in [-0.25, -0.2) is 4.79 Å². The molecule has 4 nitrogen and oxygen atoms in total. The van der Waals surface area contributed by atoms with Gasteiger partial charge in [-0.2, -0.15) is 0 Å². The fourth-order valence-electron chi connectivity index (χ4n) is 1.49. The lowest BCUT2D eigenvalue weighted by Crippen LogP contribution is -2.52. The lowest BCUT2D eigenvalue weighted by Gasteiger charge is -2.22. The Morgan fingerprint density at radius 3 is 2.77 bits per heavy atom. The summed E-state index contributed by atoms with van der Waals surface area (Å²) < 4.78 is 0. The van der Waals surface area contributed by atoms with Crippen LogP contribution in [0.4, 0.5) is 4.79 Å². The van der Waals surface area contributed by atoms with Crippen LogP contribution in [0.2, 0.25) is 0 Å². The van der Waals surface area contributed by atoms with Gasteiger partial charge in [0.25, 0.3) is 0 Å². The van der Waals surface area contributed by atoms with Crippen LogP contribution in [-0.2, 0) is 4.79 Å². The zero-order valence-corrected chi connectivity index (χ0v) is 7.93. The summed E-state index contributed by atoms with van der Waals surface area (Å²) in [4.78, 5) is 21.8. The minimum atomic E-state index is -0.349. The molecule has 0 radical (unpaired) electrons. The molecule has 74 valence electrons. The molecule has 0 aromatic rings. The Hall–Kier alpha value is -1.06. The minimum absolute atomic E-state index is 0.0489. The topological polar surface area (TPSA) is 58.2 Å². The molecule has 2 N–H and O–H groups in total. The van der Waals surface area contributed by atoms with Crippen molar-refractivity contribution in [3.8, 4) is 0 Å². The van der Waals surface area contributed by atoms with E-state index in [1.165, 1.54) is 0 Å². The maximum Gasteiger partial charge on any atom is 0.321 e. The third-order valence-electron chi connectivity index (χ3n) is 2.18. The van der Waals surface area contributed by atoms with E-state index in [2.05, 4.69) is 17.6 Å². The number of amides is 3. The third kappa shape index (κ3) is 3.44. The van der Waals surface area contributed by atoms with Gasteiger partial charge in [-0.3, -0.25) is 10.1 Å². The summed E-state index contributed by atoms with van der Waals surface area (Å²) in [6, 6.07) is -0.300. The van der Waals surface area contributed by atoms with Crippen LogP contribution in [0.5, 0.6) is 0 Å². The molecule has 1 saturated heterocycles. The van der Waals surface area contributed by atoms with Crippen LogP contribution < -0.4 is 10.6 Å². The Labute approximate surface area is 78.1 Å². The average molecular weight is 184 g/mol. The Kier molecular flexibility index (Phi) is 3.73. The smallest absolute Gasteiger partial charge is 0.321 e. The molecule has 1 heterocycles. The number of rotatable bonds is 4. The summed E-state index contributed by atoms with van der Waals surface area (Å²) in [5, 5.41) is 4.95. The van der Waals surface area contributed by atoms with E-state index in [1.54, 1.807) is 0 Å². The molecular weight excluding hydrogens is 168 g/mol. The number of carbonyl (C=O) groups is 2. The average Bonchev–Trinajstić information content (AvgIpc) is 2.03. The van der Waals surface area contributed by atoms with Gasteiger partial charge < -0.3 is 5.32 Å². The molecule has 0 bridgehead atoms. The van der Waals surface area contributed by atoms with Crippen LogP contribution in [0, 0.1) is 0 Å². The van der Waals surface area contributed by atoms with E-state index in [9.17, 15) is 9.59 Å². The standard InChI is InChI=1S/C9H16N2O2/c1-2-3-4-5-7-6-8(12)11-9(13)10-7/h7H,2-6H2,1H3,(H2,10,11,12,13). The monoisotopic (exact) mass is 184 g/mol. The molecule has 0 saturated carbocycles. The molecule has 0 aromatic carbocycles. The minimum Gasteiger partial charge on any atom is -0.335 e. The molecule has 1 aliphatic heterocycles. The zero-order chi connectivity index (χ0) is 9.68. The van der Waals surface area contributed by atoms with Gasteiger partial charge in [-0.05, 0) is 6.42 Å². The molecule has 0 aliphatic carbocycles. The number of urea groups is 1. The fourth-order valence-corrected chi connectivity index (χ4v) is 1.49. The molecule has 3 amide bonds. The van der Waals surface area contributed by atoms with E-state index < -0.39 is 0 Å². The summed E-state index contributed by atoms with van der Waals surface area (Å²) in [7, 11) is 0. The Bertz CT molecular complexity index is 188. The first-order valence-corrected chi connectivity index (χ1v) is 4.82. The van der Waals surface area contributed by atoms with Gasteiger partial charge in [0.2, 0.25) is 5.91 Å². The number of carbonyl (C=O) groups excluding carboxylic acids is 2. The quantitative estimate of drug-likeness (QED) is 0.644. The largest absolute Gasteiger partial charge is 0.335 e. The van der Waals surface area contributed by atoms with Crippen molar-refractivity contribution in [1.82, 2.24) is 10.6 Å². The lowest BCUT2D eigenvalue weighted by atomic mass is 10.0. The summed E-state index contributed by atoms with van der Waals surface area (Å²) in [5.41, 5.74) is 0. The van der Waals surface area contributed by atoms with E-state index in [0.717, 1.165) is 25.7 Å². The SMILES string of the molecule is CCCCCC1CC(=O)NC(=O)N1. The zero-order valence-electron chi connectivity index (χ0n) is 7.93. The lowest BCUT2D eigenvalue weighted by molar-refractivity contribution is -0.121. The summed E-state index contributed by atoms with van der Waals surface area (Å²) >= 11 is 0. The first kappa shape index (κ1) is 10.0. The molecule has 1 aliphatic rings. The van der Waals surface area contributed by atoms with Crippen LogP contribution in [0.3, 0.4) is 0 Å². The van der Waals surface area contributed by atoms with Crippen LogP contribution >= 0.6 is 0 Å². The van der Waals surface area contributed by atoms with Crippen molar-refractivity contribution in [2.45, 2.75) is 45.1 Å². The fraction of sp³-hybridized carbons (Fsp3) is 0.778. The van der Waals surface area contributed by atoms with Crippen molar-refractivity contribution in [3.05, 3.63) is 0 Å². The molecule has 13 heavy (non-hydrogen) atoms. The molecule has 0 spiro atoms. The summed E-state index contributed by atoms with van der Waals surface area (Å²) in [6.07, 6.45) is 4.73. The number of unbranched alkanes of at least 4 members (excludes halogenated alkanes) is 2. The van der Waals surface area contributed by atoms with Crippen LogP contribution in [0.25, 0.3) is 0 Å². The van der Waals surface area contributed by atoms with E-state index in [-0.39, 0.29) is 18.0 Å². The molecule has 4 heteroatoms. The first-order chi connectivity index (χ1) is 6.22. The summed E-state index contributed by atoms with van der Waals surface area (Å²) in [5.74, 6) is -0.162. The van der Waals surface area contributed by atoms with Crippen molar-refractivity contribution in [2.24, 2.45) is 0 Å². The Morgan fingerprint density at radius 1 is 1.38 bits per heavy atom. The van der Waals surface area contributed by atoms with E-state index >= 15 is 0 Å². The van der Waals surface area contributed by atoms with E-state index in [0.29, 0.717) is 6.42 Å². The van der Waals surface area contributed by atoms with Crippen LogP contribution in [0.1, 0.15) is 39.0 Å². The van der Waals surface area contributed by atoms with Crippen molar-refractivity contribution >= 4 is 11.9 Å². The highest BCUT2D eigenvalue weighted by molar-refractivity contribution is 5.97. The number of nitrogens with one attached hydrogen (secondary N) is 2. The maximum absolute atomic E-state index is 10.9. The number of hydrogen-bond donors (Lipinski definition) is 2. The van der Waals surface area contributed by atoms with Crippen LogP contribution in [0.15, 0.2) is 0 Å². The highest BCUT2D eigenvalue weighted by Crippen LogP contribution is 2.08. The van der Waals surface area contributed by atoms with Crippen molar-refractivity contribution in [2.75, 3.05) is 0 Å². The van der Waals surface area contributed by atoms with Gasteiger partial charge in [0.15, 0.2) is 0 Å². The van der Waals surface area contributed by atoms with Gasteiger partial charge in [0, 0.05) is 12.5 Å². The molecule has 1 rings (SSSR count). The normalized spacial score (nSPS) is 22.4. The van der Waals surface area contributed by atoms with Crippen LogP contribution in [-0.4, -0.2) is 18.0 Å². The van der Waals surface area contributed by atoms with Crippen molar-refractivity contribution in [1.29, 1.82) is 0 Å². The van der Waals surface area contributed by atoms with Gasteiger partial charge in [-0.1, -0.05) is 26.2 Å². The van der Waals surface area contributed by atoms with Gasteiger partial charge in [-0.15, -0.1) is 0 Å². The van der Waals surface area contributed by atoms with E-state index in [4.69, 9.17) is 0 Å². The molecule has 1 atom stereocenters. The predicted molar refractivity (Wildman–Crippen MR) is 49.2 cm³/mol. The Morgan fingerprint density at radius 2 is 2.15 bits per heavy atom. The Balaban J connectivity index is 2.25. The molecule has 0 aromatic heterocycles. The van der Waals surface area contributed by atoms with Gasteiger partial charge in [0.05, 0.1) is 0 Å². The molecule has 1 fully saturated rings. The second-order valence-electron chi connectivity index (χ2n) is 3.42. The molecular formula is C9H16N2O2. The first-order valence-electron chi connectivity index (χ1n) is 4.82. The second-order valence-corrected chi connectivity index (χ2v) is 3.42. The van der Waals surface area contributed by atoms with Gasteiger partial charge >= 0.3 is 6.03 Å². The maximum atomic E-state index is 10.9.